The summed E-state index contributed by atoms with van der Waals surface area (Å²) in [6.07, 6.45) is 0. The second-order valence-electron chi connectivity index (χ2n) is 6.79. The van der Waals surface area contributed by atoms with E-state index in [4.69, 9.17) is 0 Å². The second kappa shape index (κ2) is 11.3. The zero-order valence-corrected chi connectivity index (χ0v) is 31.8. The van der Waals surface area contributed by atoms with Crippen LogP contribution in [0.15, 0.2) is 50.4 Å². The van der Waals surface area contributed by atoms with Crippen LogP contribution in [0.3, 0.4) is 0 Å². The first-order chi connectivity index (χ1) is 16.3. The van der Waals surface area contributed by atoms with Gasteiger partial charge < -0.3 is 0 Å². The van der Waals surface area contributed by atoms with Gasteiger partial charge in [-0.3, -0.25) is 0 Å². The zero-order valence-electron chi connectivity index (χ0n) is 16.6. The quantitative estimate of drug-likeness (QED) is 0.318. The fourth-order valence-corrected chi connectivity index (χ4v) is 39.2. The molecule has 0 aliphatic carbocycles. The van der Waals surface area contributed by atoms with E-state index in [9.17, 15) is 0 Å². The molecule has 0 aromatic carbocycles. The molecular weight excluding hydrogens is 924 g/mol. The molecule has 3 nitrogen and oxygen atoms in total. The number of hydrogen-bond acceptors (Lipinski definition) is 9. The molecule has 0 amide bonds. The topological polar surface area (TPSA) is 36.1 Å². The molecular formula is C18H15N3S6Se6. The van der Waals surface area contributed by atoms with Gasteiger partial charge in [-0.15, -0.1) is 0 Å². The van der Waals surface area contributed by atoms with E-state index in [1.54, 1.807) is 32.9 Å². The summed E-state index contributed by atoms with van der Waals surface area (Å²) in [5, 5.41) is 11.8. The summed E-state index contributed by atoms with van der Waals surface area (Å²) >= 11 is 15.9. The van der Waals surface area contributed by atoms with Crippen molar-refractivity contribution in [1.82, 2.24) is 16.0 Å². The Labute approximate surface area is 257 Å². The zero-order chi connectivity index (χ0) is 21.8. The van der Waals surface area contributed by atoms with Crippen LogP contribution < -0.4 is 16.0 Å². The Balaban J connectivity index is 1.22. The van der Waals surface area contributed by atoms with Crippen molar-refractivity contribution in [3.05, 3.63) is 50.4 Å². The van der Waals surface area contributed by atoms with Crippen LogP contribution in [0.2, 0.25) is 0 Å². The molecule has 7 aliphatic rings. The SMILES string of the molecule is C1CSC2=C(S1)[Se]C(=C1NC(=C3[Se]C4=C(SCCS4)[Se]3)NC(=C3[Se]C4=C(SCCS4)[Se]3)N1)[Se]2. The van der Waals surface area contributed by atoms with Crippen molar-refractivity contribution in [2.24, 2.45) is 0 Å². The van der Waals surface area contributed by atoms with Crippen LogP contribution in [0.5, 0.6) is 0 Å². The van der Waals surface area contributed by atoms with Crippen molar-refractivity contribution in [3.8, 4) is 0 Å². The fraction of sp³-hybridized carbons (Fsp3) is 0.333. The van der Waals surface area contributed by atoms with Crippen molar-refractivity contribution in [1.29, 1.82) is 0 Å². The molecule has 0 aromatic heterocycles. The standard InChI is InChI=1S/C18H15N3S6Se6/c1-2-23-11-10(22-1)28-16(29-11)7-19-8(17-30-12-13(31-17)25-4-3-24-12)21-9(20-7)18-32-14-15(33-18)27-6-5-26-14/h19-21H,1-6H2. The molecule has 0 atom stereocenters. The summed E-state index contributed by atoms with van der Waals surface area (Å²) in [4.78, 5) is 0. The molecule has 3 N–H and O–H groups in total. The normalized spacial score (nSPS) is 27.6. The van der Waals surface area contributed by atoms with E-state index in [1.807, 2.05) is 0 Å². The Kier molecular flexibility index (Phi) is 8.56. The summed E-state index contributed by atoms with van der Waals surface area (Å²) in [7, 11) is 0. The minimum atomic E-state index is 0.510. The van der Waals surface area contributed by atoms with Crippen molar-refractivity contribution in [3.63, 3.8) is 0 Å². The third-order valence-corrected chi connectivity index (χ3v) is 37.1. The van der Waals surface area contributed by atoms with Crippen molar-refractivity contribution in [2.75, 3.05) is 34.5 Å². The van der Waals surface area contributed by atoms with Crippen LogP contribution in [-0.4, -0.2) is 124 Å². The van der Waals surface area contributed by atoms with Crippen LogP contribution in [0.1, 0.15) is 0 Å². The van der Waals surface area contributed by atoms with Gasteiger partial charge in [-0.25, -0.2) is 0 Å². The van der Waals surface area contributed by atoms with E-state index < -0.39 is 0 Å². The van der Waals surface area contributed by atoms with Gasteiger partial charge in [0.05, 0.1) is 0 Å². The molecule has 7 heterocycles. The Morgan fingerprint density at radius 2 is 0.576 bits per heavy atom. The van der Waals surface area contributed by atoms with Gasteiger partial charge in [0.2, 0.25) is 0 Å². The van der Waals surface area contributed by atoms with Crippen molar-refractivity contribution >= 4 is 160 Å². The molecule has 33 heavy (non-hydrogen) atoms. The maximum absolute atomic E-state index is 3.94. The molecule has 174 valence electrons. The van der Waals surface area contributed by atoms with Crippen molar-refractivity contribution in [2.45, 2.75) is 0 Å². The molecule has 0 radical (unpaired) electrons. The van der Waals surface area contributed by atoms with Gasteiger partial charge in [-0.1, -0.05) is 0 Å². The minimum absolute atomic E-state index is 0.510. The van der Waals surface area contributed by atoms with Gasteiger partial charge in [-0.05, 0) is 0 Å². The summed E-state index contributed by atoms with van der Waals surface area (Å²) in [6, 6.07) is 0. The van der Waals surface area contributed by atoms with Gasteiger partial charge in [0, 0.05) is 0 Å². The summed E-state index contributed by atoms with van der Waals surface area (Å²) in [6.45, 7) is 0. The molecule has 0 bridgehead atoms. The van der Waals surface area contributed by atoms with Gasteiger partial charge >= 0.3 is 261 Å². The van der Waals surface area contributed by atoms with Crippen molar-refractivity contribution < 1.29 is 0 Å². The van der Waals surface area contributed by atoms with Gasteiger partial charge in [0.15, 0.2) is 0 Å². The molecule has 0 aromatic rings. The van der Waals surface area contributed by atoms with E-state index in [1.165, 1.54) is 52.0 Å². The van der Waals surface area contributed by atoms with E-state index in [2.05, 4.69) is 86.5 Å². The fourth-order valence-electron chi connectivity index (χ4n) is 3.24. The Morgan fingerprint density at radius 3 is 0.788 bits per heavy atom. The maximum atomic E-state index is 3.94. The average Bonchev–Trinajstić information content (AvgIpc) is 3.59. The Hall–Kier alpha value is 3.06. The van der Waals surface area contributed by atoms with E-state index in [-0.39, 0.29) is 0 Å². The summed E-state index contributed by atoms with van der Waals surface area (Å²) in [5.41, 5.74) is 0. The molecule has 0 unspecified atom stereocenters. The molecule has 1 saturated heterocycles. The Morgan fingerprint density at radius 1 is 0.364 bits per heavy atom. The predicted octanol–water partition coefficient (Wildman–Crippen LogP) is 2.23. The van der Waals surface area contributed by atoms with Crippen LogP contribution >= 0.6 is 70.6 Å². The predicted molar refractivity (Wildman–Crippen MR) is 161 cm³/mol. The average molecular weight is 940 g/mol. The van der Waals surface area contributed by atoms with Crippen LogP contribution in [0.25, 0.3) is 0 Å². The number of nitrogens with one attached hydrogen (secondary N) is 3. The van der Waals surface area contributed by atoms with E-state index >= 15 is 0 Å². The van der Waals surface area contributed by atoms with Crippen LogP contribution in [0, 0.1) is 0 Å². The first-order valence-corrected chi connectivity index (χ1v) is 26.1. The summed E-state index contributed by atoms with van der Waals surface area (Å²) in [5.74, 6) is 11.8. The van der Waals surface area contributed by atoms with E-state index in [0.29, 0.717) is 89.7 Å². The molecule has 0 spiro atoms. The molecule has 1 fully saturated rings. The third-order valence-electron chi connectivity index (χ3n) is 4.62. The molecule has 7 rings (SSSR count). The third kappa shape index (κ3) is 5.42. The van der Waals surface area contributed by atoms with Crippen LogP contribution in [0.4, 0.5) is 0 Å². The second-order valence-corrected chi connectivity index (χ2v) is 33.7. The van der Waals surface area contributed by atoms with E-state index in [0.717, 1.165) is 0 Å². The molecule has 0 saturated carbocycles. The number of rotatable bonds is 0. The monoisotopic (exact) mass is 944 g/mol. The Bertz CT molecular complexity index is 919. The molecule has 15 heteroatoms. The van der Waals surface area contributed by atoms with Crippen LogP contribution in [-0.2, 0) is 0 Å². The number of thioether (sulfide) groups is 6. The van der Waals surface area contributed by atoms with Gasteiger partial charge in [-0.2, -0.15) is 0 Å². The number of hydrogen-bond donors (Lipinski definition) is 3. The van der Waals surface area contributed by atoms with Gasteiger partial charge in [0.25, 0.3) is 0 Å². The molecule has 7 aliphatic heterocycles. The first kappa shape index (κ1) is 25.1. The first-order valence-electron chi connectivity index (χ1n) is 9.91. The summed E-state index contributed by atoms with van der Waals surface area (Å²) < 4.78 is 15.4. The van der Waals surface area contributed by atoms with Gasteiger partial charge in [0.1, 0.15) is 0 Å².